The second kappa shape index (κ2) is 2.79. The molecule has 0 fully saturated rings. The van der Waals surface area contributed by atoms with Crippen molar-refractivity contribution in [3.05, 3.63) is 36.0 Å². The molecule has 0 radical (unpaired) electrons. The predicted molar refractivity (Wildman–Crippen MR) is 51.1 cm³/mol. The molecule has 0 N–H and O–H groups in total. The summed E-state index contributed by atoms with van der Waals surface area (Å²) >= 11 is 0. The number of allylic oxidation sites excluding steroid dienone is 5. The Bertz CT molecular complexity index is 297. The molecule has 2 atom stereocenters. The maximum absolute atomic E-state index is 14.1. The molecule has 0 bridgehead atoms. The Morgan fingerprint density at radius 1 is 1.62 bits per heavy atom. The third-order valence-corrected chi connectivity index (χ3v) is 2.53. The summed E-state index contributed by atoms with van der Waals surface area (Å²) in [7, 11) is 0. The number of hydrogen-bond donors (Lipinski definition) is 0. The van der Waals surface area contributed by atoms with Crippen molar-refractivity contribution < 1.29 is 8.78 Å². The van der Waals surface area contributed by atoms with Gasteiger partial charge in [0, 0.05) is 0 Å². The zero-order valence-corrected chi connectivity index (χ0v) is 8.20. The lowest BCUT2D eigenvalue weighted by molar-refractivity contribution is 0.0597. The van der Waals surface area contributed by atoms with E-state index in [9.17, 15) is 8.78 Å². The summed E-state index contributed by atoms with van der Waals surface area (Å²) in [6.07, 6.45) is 4.32. The van der Waals surface area contributed by atoms with Crippen molar-refractivity contribution in [2.75, 3.05) is 0 Å². The Labute approximate surface area is 77.6 Å². The van der Waals surface area contributed by atoms with Crippen molar-refractivity contribution in [3.8, 4) is 0 Å². The van der Waals surface area contributed by atoms with Gasteiger partial charge in [-0.2, -0.15) is 0 Å². The van der Waals surface area contributed by atoms with Crippen molar-refractivity contribution in [3.63, 3.8) is 0 Å². The van der Waals surface area contributed by atoms with Crippen molar-refractivity contribution in [1.29, 1.82) is 0 Å². The van der Waals surface area contributed by atoms with E-state index in [1.807, 2.05) is 0 Å². The Hall–Kier alpha value is -0.920. The highest BCUT2D eigenvalue weighted by atomic mass is 19.2. The Kier molecular flexibility index (Phi) is 2.18. The van der Waals surface area contributed by atoms with Crippen molar-refractivity contribution in [1.82, 2.24) is 0 Å². The average Bonchev–Trinajstić information content (AvgIpc) is 2.03. The van der Waals surface area contributed by atoms with Crippen LogP contribution in [0.15, 0.2) is 36.0 Å². The van der Waals surface area contributed by atoms with Gasteiger partial charge in [-0.05, 0) is 38.0 Å². The van der Waals surface area contributed by atoms with Crippen LogP contribution in [0.3, 0.4) is 0 Å². The van der Waals surface area contributed by atoms with Crippen molar-refractivity contribution in [2.45, 2.75) is 32.1 Å². The summed E-state index contributed by atoms with van der Waals surface area (Å²) in [6, 6.07) is 0. The van der Waals surface area contributed by atoms with Crippen molar-refractivity contribution in [2.24, 2.45) is 0 Å². The van der Waals surface area contributed by atoms with E-state index in [2.05, 4.69) is 6.58 Å². The number of halogens is 2. The summed E-state index contributed by atoms with van der Waals surface area (Å²) in [6.45, 7) is 7.97. The van der Waals surface area contributed by atoms with E-state index in [1.165, 1.54) is 19.1 Å². The first kappa shape index (κ1) is 10.2. The molecule has 0 nitrogen and oxygen atoms in total. The first-order valence-electron chi connectivity index (χ1n) is 4.26. The van der Waals surface area contributed by atoms with Crippen LogP contribution in [0.5, 0.6) is 0 Å². The number of hydrogen-bond acceptors (Lipinski definition) is 0. The molecular weight excluding hydrogens is 170 g/mol. The first-order valence-corrected chi connectivity index (χ1v) is 4.26. The van der Waals surface area contributed by atoms with Gasteiger partial charge in [0.1, 0.15) is 0 Å². The second-order valence-electron chi connectivity index (χ2n) is 3.59. The maximum atomic E-state index is 14.1. The standard InChI is InChI=1S/C11H14F2/c1-5-6-10(4,12)11(13)8(2)7-9(11)3/h5-7H,2H2,1,3-4H3. The van der Waals surface area contributed by atoms with Crippen LogP contribution in [-0.4, -0.2) is 11.3 Å². The van der Waals surface area contributed by atoms with Crippen LogP contribution in [0.2, 0.25) is 0 Å². The largest absolute Gasteiger partial charge is 0.235 e. The van der Waals surface area contributed by atoms with Gasteiger partial charge in [0.25, 0.3) is 0 Å². The number of alkyl halides is 2. The van der Waals surface area contributed by atoms with Crippen molar-refractivity contribution >= 4 is 0 Å². The summed E-state index contributed by atoms with van der Waals surface area (Å²) in [5.41, 5.74) is -3.37. The molecule has 0 saturated carbocycles. The molecule has 0 heterocycles. The van der Waals surface area contributed by atoms with Crippen LogP contribution in [0, 0.1) is 0 Å². The van der Waals surface area contributed by atoms with Gasteiger partial charge in [0.2, 0.25) is 0 Å². The van der Waals surface area contributed by atoms with Crippen LogP contribution in [0.1, 0.15) is 20.8 Å². The minimum atomic E-state index is -2.00. The van der Waals surface area contributed by atoms with Crippen LogP contribution in [-0.2, 0) is 0 Å². The molecule has 0 aromatic heterocycles. The van der Waals surface area contributed by atoms with E-state index in [1.54, 1.807) is 19.9 Å². The summed E-state index contributed by atoms with van der Waals surface area (Å²) in [4.78, 5) is 0. The van der Waals surface area contributed by atoms with E-state index in [0.717, 1.165) is 0 Å². The minimum Gasteiger partial charge on any atom is -0.235 e. The fourth-order valence-electron chi connectivity index (χ4n) is 1.76. The SMILES string of the molecule is C=C1C=C(C)C1(F)C(C)(F)C=CC. The Morgan fingerprint density at radius 2 is 2.15 bits per heavy atom. The highest BCUT2D eigenvalue weighted by Gasteiger charge is 2.55. The van der Waals surface area contributed by atoms with Crippen LogP contribution < -0.4 is 0 Å². The van der Waals surface area contributed by atoms with Gasteiger partial charge >= 0.3 is 0 Å². The normalized spacial score (nSPS) is 32.7. The van der Waals surface area contributed by atoms with Gasteiger partial charge in [-0.1, -0.05) is 18.7 Å². The molecular formula is C11H14F2. The molecule has 0 aromatic rings. The highest BCUT2D eigenvalue weighted by molar-refractivity contribution is 5.54. The van der Waals surface area contributed by atoms with Gasteiger partial charge in [0.15, 0.2) is 11.3 Å². The van der Waals surface area contributed by atoms with Gasteiger partial charge in [0.05, 0.1) is 0 Å². The lowest BCUT2D eigenvalue weighted by Gasteiger charge is -2.42. The summed E-state index contributed by atoms with van der Waals surface area (Å²) in [5.74, 6) is 0. The monoisotopic (exact) mass is 184 g/mol. The Balaban J connectivity index is 3.08. The lowest BCUT2D eigenvalue weighted by Crippen LogP contribution is -2.50. The first-order chi connectivity index (χ1) is 5.86. The van der Waals surface area contributed by atoms with Crippen LogP contribution >= 0.6 is 0 Å². The smallest absolute Gasteiger partial charge is 0.193 e. The molecule has 2 heteroatoms. The van der Waals surface area contributed by atoms with Crippen LogP contribution in [0.25, 0.3) is 0 Å². The van der Waals surface area contributed by atoms with Gasteiger partial charge in [-0.25, -0.2) is 8.78 Å². The average molecular weight is 184 g/mol. The molecule has 13 heavy (non-hydrogen) atoms. The zero-order chi connectivity index (χ0) is 10.3. The van der Waals surface area contributed by atoms with E-state index in [0.29, 0.717) is 5.57 Å². The minimum absolute atomic E-state index is 0.216. The quantitative estimate of drug-likeness (QED) is 0.576. The van der Waals surface area contributed by atoms with Gasteiger partial charge < -0.3 is 0 Å². The molecule has 0 amide bonds. The third-order valence-electron chi connectivity index (χ3n) is 2.53. The van der Waals surface area contributed by atoms with Gasteiger partial charge in [-0.15, -0.1) is 0 Å². The second-order valence-corrected chi connectivity index (χ2v) is 3.59. The molecule has 0 aliphatic heterocycles. The zero-order valence-electron chi connectivity index (χ0n) is 8.20. The maximum Gasteiger partial charge on any atom is 0.193 e. The van der Waals surface area contributed by atoms with E-state index in [4.69, 9.17) is 0 Å². The fraction of sp³-hybridized carbons (Fsp3) is 0.455. The predicted octanol–water partition coefficient (Wildman–Crippen LogP) is 3.52. The highest BCUT2D eigenvalue weighted by Crippen LogP contribution is 2.49. The Morgan fingerprint density at radius 3 is 2.46 bits per heavy atom. The van der Waals surface area contributed by atoms with E-state index < -0.39 is 11.3 Å². The summed E-state index contributed by atoms with van der Waals surface area (Å²) in [5, 5.41) is 0. The molecule has 1 aliphatic rings. The topological polar surface area (TPSA) is 0 Å². The number of rotatable bonds is 2. The van der Waals surface area contributed by atoms with E-state index in [-0.39, 0.29) is 5.57 Å². The molecule has 1 rings (SSSR count). The molecule has 0 spiro atoms. The third kappa shape index (κ3) is 1.16. The van der Waals surface area contributed by atoms with E-state index >= 15 is 0 Å². The van der Waals surface area contributed by atoms with Gasteiger partial charge in [-0.3, -0.25) is 0 Å². The molecule has 2 unspecified atom stereocenters. The fourth-order valence-corrected chi connectivity index (χ4v) is 1.76. The molecule has 1 aliphatic carbocycles. The molecule has 0 aromatic carbocycles. The van der Waals surface area contributed by atoms with Crippen LogP contribution in [0.4, 0.5) is 8.78 Å². The lowest BCUT2D eigenvalue weighted by atomic mass is 9.69. The molecule has 0 saturated heterocycles. The molecule has 72 valence electrons. The summed E-state index contributed by atoms with van der Waals surface area (Å²) < 4.78 is 27.9.